The van der Waals surface area contributed by atoms with E-state index in [1.54, 1.807) is 41.6 Å². The van der Waals surface area contributed by atoms with Crippen LogP contribution in [0.2, 0.25) is 0 Å². The molecule has 0 saturated carbocycles. The number of benzene rings is 1. The van der Waals surface area contributed by atoms with Crippen LogP contribution in [0.4, 0.5) is 10.1 Å². The predicted octanol–water partition coefficient (Wildman–Crippen LogP) is 2.94. The van der Waals surface area contributed by atoms with E-state index in [4.69, 9.17) is 0 Å². The predicted molar refractivity (Wildman–Crippen MR) is 105 cm³/mol. The van der Waals surface area contributed by atoms with Crippen molar-refractivity contribution < 1.29 is 9.18 Å². The first-order chi connectivity index (χ1) is 13.1. The maximum atomic E-state index is 13.3. The molecule has 1 atom stereocenters. The Kier molecular flexibility index (Phi) is 6.90. The van der Waals surface area contributed by atoms with E-state index in [1.165, 1.54) is 12.1 Å². The molecule has 0 aliphatic carbocycles. The molecule has 1 N–H and O–H groups in total. The summed E-state index contributed by atoms with van der Waals surface area (Å²) in [6, 6.07) is 10.1. The number of nitrogens with zero attached hydrogens (tertiary/aromatic N) is 3. The summed E-state index contributed by atoms with van der Waals surface area (Å²) in [4.78, 5) is 21.2. The van der Waals surface area contributed by atoms with Gasteiger partial charge in [-0.2, -0.15) is 0 Å². The number of carbonyl (C=O) groups is 1. The number of unbranched alkanes of at least 4 members (excludes halogenated alkanes) is 1. The van der Waals surface area contributed by atoms with Crippen molar-refractivity contribution in [3.05, 3.63) is 60.2 Å². The number of anilines is 1. The van der Waals surface area contributed by atoms with Crippen LogP contribution in [0.5, 0.6) is 0 Å². The number of amides is 1. The molecule has 1 aromatic heterocycles. The lowest BCUT2D eigenvalue weighted by atomic mass is 10.1. The van der Waals surface area contributed by atoms with Crippen LogP contribution in [0.3, 0.4) is 0 Å². The van der Waals surface area contributed by atoms with E-state index in [-0.39, 0.29) is 11.7 Å². The van der Waals surface area contributed by atoms with Crippen LogP contribution in [-0.4, -0.2) is 54.6 Å². The third-order valence-corrected chi connectivity index (χ3v) is 4.85. The van der Waals surface area contributed by atoms with Crippen molar-refractivity contribution in [2.45, 2.75) is 25.8 Å². The van der Waals surface area contributed by atoms with Crippen LogP contribution in [0.25, 0.3) is 0 Å². The minimum absolute atomic E-state index is 0.106. The van der Waals surface area contributed by atoms with Gasteiger partial charge < -0.3 is 15.1 Å². The van der Waals surface area contributed by atoms with Crippen LogP contribution in [0.1, 0.15) is 30.1 Å². The second kappa shape index (κ2) is 9.58. The fourth-order valence-corrected chi connectivity index (χ4v) is 3.43. The number of aromatic nitrogens is 1. The molecule has 0 bridgehead atoms. The van der Waals surface area contributed by atoms with Crippen LogP contribution >= 0.6 is 0 Å². The van der Waals surface area contributed by atoms with Gasteiger partial charge in [-0.3, -0.25) is 9.78 Å². The number of rotatable bonds is 7. The molecule has 144 valence electrons. The Morgan fingerprint density at radius 2 is 2.11 bits per heavy atom. The monoisotopic (exact) mass is 370 g/mol. The number of piperazine rings is 1. The zero-order valence-electron chi connectivity index (χ0n) is 15.8. The summed E-state index contributed by atoms with van der Waals surface area (Å²) in [6.07, 6.45) is 5.13. The molecular formula is C21H27FN4O. The highest BCUT2D eigenvalue weighted by molar-refractivity contribution is 6.05. The van der Waals surface area contributed by atoms with E-state index in [1.807, 2.05) is 0 Å². The fourth-order valence-electron chi connectivity index (χ4n) is 3.43. The largest absolute Gasteiger partial charge is 0.312 e. The summed E-state index contributed by atoms with van der Waals surface area (Å²) < 4.78 is 13.3. The van der Waals surface area contributed by atoms with E-state index in [0.29, 0.717) is 23.8 Å². The van der Waals surface area contributed by atoms with Gasteiger partial charge in [-0.25, -0.2) is 4.39 Å². The number of halogens is 1. The summed E-state index contributed by atoms with van der Waals surface area (Å²) in [5.41, 5.74) is 1.25. The molecule has 1 saturated heterocycles. The molecule has 1 fully saturated rings. The Labute approximate surface area is 160 Å². The number of nitrogens with one attached hydrogen (secondary N) is 1. The minimum Gasteiger partial charge on any atom is -0.312 e. The summed E-state index contributed by atoms with van der Waals surface area (Å²) >= 11 is 0. The van der Waals surface area contributed by atoms with Crippen molar-refractivity contribution in [3.8, 4) is 0 Å². The van der Waals surface area contributed by atoms with E-state index in [9.17, 15) is 9.18 Å². The highest BCUT2D eigenvalue weighted by Crippen LogP contribution is 2.19. The lowest BCUT2D eigenvalue weighted by Gasteiger charge is -2.32. The SMILES string of the molecule is CC1CN(CCCCN(C(=O)c2cccnc2)c2ccc(F)cc2)CCN1. The van der Waals surface area contributed by atoms with Crippen molar-refractivity contribution in [1.29, 1.82) is 0 Å². The van der Waals surface area contributed by atoms with Crippen molar-refractivity contribution in [1.82, 2.24) is 15.2 Å². The Morgan fingerprint density at radius 3 is 2.81 bits per heavy atom. The smallest absolute Gasteiger partial charge is 0.259 e. The minimum atomic E-state index is -0.305. The van der Waals surface area contributed by atoms with Crippen molar-refractivity contribution >= 4 is 11.6 Å². The van der Waals surface area contributed by atoms with Gasteiger partial charge in [0.15, 0.2) is 0 Å². The maximum absolute atomic E-state index is 13.3. The standard InChI is InChI=1S/C21H27FN4O/c1-17-16-25(14-11-24-17)12-2-3-13-26(20-8-6-19(22)7-9-20)21(27)18-5-4-10-23-15-18/h4-10,15,17,24H,2-3,11-14,16H2,1H3. The Hall–Kier alpha value is -2.31. The zero-order chi connectivity index (χ0) is 19.1. The van der Waals surface area contributed by atoms with Gasteiger partial charge in [0.1, 0.15) is 5.82 Å². The molecule has 1 aliphatic heterocycles. The highest BCUT2D eigenvalue weighted by Gasteiger charge is 2.19. The lowest BCUT2D eigenvalue weighted by molar-refractivity contribution is 0.0985. The second-order valence-corrected chi connectivity index (χ2v) is 7.04. The normalized spacial score (nSPS) is 17.6. The van der Waals surface area contributed by atoms with E-state index >= 15 is 0 Å². The molecule has 27 heavy (non-hydrogen) atoms. The van der Waals surface area contributed by atoms with Crippen LogP contribution in [-0.2, 0) is 0 Å². The number of hydrogen-bond donors (Lipinski definition) is 1. The number of hydrogen-bond acceptors (Lipinski definition) is 4. The summed E-state index contributed by atoms with van der Waals surface area (Å²) in [5.74, 6) is -0.411. The molecule has 2 heterocycles. The third-order valence-electron chi connectivity index (χ3n) is 4.85. The first-order valence-corrected chi connectivity index (χ1v) is 9.56. The molecule has 2 aromatic rings. The molecule has 3 rings (SSSR count). The zero-order valence-corrected chi connectivity index (χ0v) is 15.8. The van der Waals surface area contributed by atoms with E-state index in [0.717, 1.165) is 39.0 Å². The molecule has 1 aliphatic rings. The van der Waals surface area contributed by atoms with Crippen LogP contribution in [0.15, 0.2) is 48.8 Å². The van der Waals surface area contributed by atoms with E-state index < -0.39 is 0 Å². The maximum Gasteiger partial charge on any atom is 0.259 e. The van der Waals surface area contributed by atoms with Gasteiger partial charge >= 0.3 is 0 Å². The molecule has 0 spiro atoms. The van der Waals surface area contributed by atoms with Gasteiger partial charge in [-0.15, -0.1) is 0 Å². The molecule has 5 nitrogen and oxygen atoms in total. The van der Waals surface area contributed by atoms with Crippen LogP contribution in [0, 0.1) is 5.82 Å². The first kappa shape index (κ1) is 19.5. The molecule has 0 radical (unpaired) electrons. The number of carbonyl (C=O) groups excluding carboxylic acids is 1. The van der Waals surface area contributed by atoms with Gasteiger partial charge in [0.2, 0.25) is 0 Å². The van der Waals surface area contributed by atoms with Gasteiger partial charge in [0, 0.05) is 50.3 Å². The Bertz CT molecular complexity index is 723. The lowest BCUT2D eigenvalue weighted by Crippen LogP contribution is -2.49. The average Bonchev–Trinajstić information content (AvgIpc) is 2.69. The van der Waals surface area contributed by atoms with Crippen LogP contribution < -0.4 is 10.2 Å². The molecule has 1 unspecified atom stereocenters. The van der Waals surface area contributed by atoms with Gasteiger partial charge in [-0.1, -0.05) is 0 Å². The first-order valence-electron chi connectivity index (χ1n) is 9.56. The molecular weight excluding hydrogens is 343 g/mol. The number of pyridine rings is 1. The molecule has 1 amide bonds. The van der Waals surface area contributed by atoms with Crippen molar-refractivity contribution in [2.75, 3.05) is 37.6 Å². The summed E-state index contributed by atoms with van der Waals surface area (Å²) in [6.45, 7) is 7.00. The van der Waals surface area contributed by atoms with Crippen molar-refractivity contribution in [3.63, 3.8) is 0 Å². The van der Waals surface area contributed by atoms with Gasteiger partial charge in [-0.05, 0) is 62.7 Å². The summed E-state index contributed by atoms with van der Waals surface area (Å²) in [5, 5.41) is 3.45. The highest BCUT2D eigenvalue weighted by atomic mass is 19.1. The second-order valence-electron chi connectivity index (χ2n) is 7.04. The topological polar surface area (TPSA) is 48.5 Å². The quantitative estimate of drug-likeness (QED) is 0.762. The Balaban J connectivity index is 1.61. The third kappa shape index (κ3) is 5.58. The molecule has 6 heteroatoms. The Morgan fingerprint density at radius 1 is 1.30 bits per heavy atom. The van der Waals surface area contributed by atoms with Gasteiger partial charge in [0.05, 0.1) is 5.56 Å². The van der Waals surface area contributed by atoms with E-state index in [2.05, 4.69) is 22.1 Å². The molecule has 1 aromatic carbocycles. The van der Waals surface area contributed by atoms with Gasteiger partial charge in [0.25, 0.3) is 5.91 Å². The van der Waals surface area contributed by atoms with Crippen molar-refractivity contribution in [2.24, 2.45) is 0 Å². The summed E-state index contributed by atoms with van der Waals surface area (Å²) in [7, 11) is 0. The average molecular weight is 370 g/mol. The fraction of sp³-hybridized carbons (Fsp3) is 0.429.